The van der Waals surface area contributed by atoms with Crippen molar-refractivity contribution in [2.75, 3.05) is 6.61 Å². The first-order valence-electron chi connectivity index (χ1n) is 6.66. The number of aliphatic hydroxyl groups is 1. The highest BCUT2D eigenvalue weighted by atomic mass is 35.5. The zero-order valence-corrected chi connectivity index (χ0v) is 13.2. The topological polar surface area (TPSA) is 90.2 Å². The molecular weight excluding hydrogens is 312 g/mol. The third-order valence-corrected chi connectivity index (χ3v) is 5.95. The number of rotatable bonds is 4. The molecule has 1 fully saturated rings. The van der Waals surface area contributed by atoms with Crippen molar-refractivity contribution in [3.8, 4) is 6.07 Å². The summed E-state index contributed by atoms with van der Waals surface area (Å²) < 4.78 is 27.7. The Balaban J connectivity index is 2.37. The van der Waals surface area contributed by atoms with Gasteiger partial charge in [-0.1, -0.05) is 31.0 Å². The zero-order chi connectivity index (χ0) is 15.7. The fourth-order valence-corrected chi connectivity index (χ4v) is 4.57. The number of halogens is 1. The standard InChI is InChI=1S/C14H17ClN2O3S/c1-14(9-18)7-3-6-13(14)17-21(19,20)12-5-2-4-11(15)10(12)8-16/h2,4-5,13,17-18H,3,6-7,9H2,1H3/t13-,14-/m0/s1. The highest BCUT2D eigenvalue weighted by Crippen LogP contribution is 2.38. The van der Waals surface area contributed by atoms with Gasteiger partial charge in [0.2, 0.25) is 10.0 Å². The van der Waals surface area contributed by atoms with Crippen molar-refractivity contribution in [2.24, 2.45) is 5.41 Å². The van der Waals surface area contributed by atoms with Crippen molar-refractivity contribution in [3.05, 3.63) is 28.8 Å². The van der Waals surface area contributed by atoms with Gasteiger partial charge in [0.25, 0.3) is 0 Å². The van der Waals surface area contributed by atoms with E-state index in [2.05, 4.69) is 4.72 Å². The molecule has 0 bridgehead atoms. The summed E-state index contributed by atoms with van der Waals surface area (Å²) in [5.74, 6) is 0. The van der Waals surface area contributed by atoms with E-state index in [4.69, 9.17) is 16.9 Å². The van der Waals surface area contributed by atoms with Crippen LogP contribution in [0, 0.1) is 16.7 Å². The van der Waals surface area contributed by atoms with Crippen LogP contribution in [0.3, 0.4) is 0 Å². The first kappa shape index (κ1) is 16.2. The molecule has 1 aliphatic carbocycles. The van der Waals surface area contributed by atoms with E-state index < -0.39 is 15.4 Å². The van der Waals surface area contributed by atoms with E-state index in [0.29, 0.717) is 6.42 Å². The number of hydrogen-bond acceptors (Lipinski definition) is 4. The molecule has 0 heterocycles. The zero-order valence-electron chi connectivity index (χ0n) is 11.6. The second-order valence-electron chi connectivity index (χ2n) is 5.60. The minimum atomic E-state index is -3.86. The summed E-state index contributed by atoms with van der Waals surface area (Å²) in [7, 11) is -3.86. The fraction of sp³-hybridized carbons (Fsp3) is 0.500. The summed E-state index contributed by atoms with van der Waals surface area (Å²) in [5.41, 5.74) is -0.534. The molecule has 0 saturated heterocycles. The average Bonchev–Trinajstić information content (AvgIpc) is 2.80. The molecule has 0 amide bonds. The number of benzene rings is 1. The van der Waals surface area contributed by atoms with Crippen LogP contribution >= 0.6 is 11.6 Å². The van der Waals surface area contributed by atoms with Crippen LogP contribution in [0.25, 0.3) is 0 Å². The predicted molar refractivity (Wildman–Crippen MR) is 79.3 cm³/mol. The van der Waals surface area contributed by atoms with Crippen molar-refractivity contribution in [1.82, 2.24) is 4.72 Å². The molecule has 0 radical (unpaired) electrons. The van der Waals surface area contributed by atoms with Crippen LogP contribution in [-0.4, -0.2) is 26.2 Å². The van der Waals surface area contributed by atoms with Crippen LogP contribution in [0.4, 0.5) is 0 Å². The average molecular weight is 329 g/mol. The van der Waals surface area contributed by atoms with Crippen LogP contribution in [-0.2, 0) is 10.0 Å². The van der Waals surface area contributed by atoms with Gasteiger partial charge in [0.05, 0.1) is 10.6 Å². The van der Waals surface area contributed by atoms with Crippen molar-refractivity contribution < 1.29 is 13.5 Å². The summed E-state index contributed by atoms with van der Waals surface area (Å²) in [6.45, 7) is 1.78. The van der Waals surface area contributed by atoms with Crippen molar-refractivity contribution >= 4 is 21.6 Å². The van der Waals surface area contributed by atoms with Crippen LogP contribution in [0.1, 0.15) is 31.7 Å². The summed E-state index contributed by atoms with van der Waals surface area (Å²) in [4.78, 5) is -0.121. The molecular formula is C14H17ClN2O3S. The first-order chi connectivity index (χ1) is 9.84. The van der Waals surface area contributed by atoms with Gasteiger partial charge in [0, 0.05) is 18.1 Å². The van der Waals surface area contributed by atoms with E-state index in [0.717, 1.165) is 12.8 Å². The summed E-state index contributed by atoms with van der Waals surface area (Å²) >= 11 is 5.88. The molecule has 2 rings (SSSR count). The van der Waals surface area contributed by atoms with E-state index in [9.17, 15) is 13.5 Å². The molecule has 1 aromatic rings. The van der Waals surface area contributed by atoms with Crippen molar-refractivity contribution in [2.45, 2.75) is 37.1 Å². The fourth-order valence-electron chi connectivity index (χ4n) is 2.71. The minimum absolute atomic E-state index is 0.0598. The van der Waals surface area contributed by atoms with Gasteiger partial charge < -0.3 is 5.11 Å². The molecule has 1 saturated carbocycles. The maximum Gasteiger partial charge on any atom is 0.242 e. The van der Waals surface area contributed by atoms with Crippen LogP contribution < -0.4 is 4.72 Å². The Morgan fingerprint density at radius 3 is 2.90 bits per heavy atom. The summed E-state index contributed by atoms with van der Waals surface area (Å²) in [6, 6.07) is 5.82. The highest BCUT2D eigenvalue weighted by molar-refractivity contribution is 7.89. The van der Waals surface area contributed by atoms with Crippen molar-refractivity contribution in [3.63, 3.8) is 0 Å². The Morgan fingerprint density at radius 1 is 1.57 bits per heavy atom. The van der Waals surface area contributed by atoms with E-state index >= 15 is 0 Å². The number of nitrogens with zero attached hydrogens (tertiary/aromatic N) is 1. The van der Waals surface area contributed by atoms with E-state index in [-0.39, 0.29) is 28.1 Å². The molecule has 7 heteroatoms. The molecule has 1 aromatic carbocycles. The number of hydrogen-bond donors (Lipinski definition) is 2. The van der Waals surface area contributed by atoms with Gasteiger partial charge in [0.15, 0.2) is 0 Å². The van der Waals surface area contributed by atoms with E-state index in [1.54, 1.807) is 0 Å². The lowest BCUT2D eigenvalue weighted by Gasteiger charge is -2.30. The Kier molecular flexibility index (Phi) is 4.59. The number of sulfonamides is 1. The monoisotopic (exact) mass is 328 g/mol. The SMILES string of the molecule is C[C@@]1(CO)CCC[C@@H]1NS(=O)(=O)c1cccc(Cl)c1C#N. The largest absolute Gasteiger partial charge is 0.396 e. The number of nitrogens with one attached hydrogen (secondary N) is 1. The molecule has 0 spiro atoms. The molecule has 2 atom stereocenters. The lowest BCUT2D eigenvalue weighted by Crippen LogP contribution is -2.44. The molecule has 21 heavy (non-hydrogen) atoms. The van der Waals surface area contributed by atoms with Gasteiger partial charge in [-0.2, -0.15) is 5.26 Å². The van der Waals surface area contributed by atoms with Gasteiger partial charge >= 0.3 is 0 Å². The van der Waals surface area contributed by atoms with E-state index in [1.807, 2.05) is 13.0 Å². The van der Waals surface area contributed by atoms with Gasteiger partial charge in [0.1, 0.15) is 11.0 Å². The van der Waals surface area contributed by atoms with Crippen molar-refractivity contribution in [1.29, 1.82) is 5.26 Å². The highest BCUT2D eigenvalue weighted by Gasteiger charge is 2.41. The lowest BCUT2D eigenvalue weighted by molar-refractivity contribution is 0.127. The molecule has 5 nitrogen and oxygen atoms in total. The van der Waals surface area contributed by atoms with Crippen LogP contribution in [0.15, 0.2) is 23.1 Å². The second kappa shape index (κ2) is 5.93. The number of aliphatic hydroxyl groups excluding tert-OH is 1. The first-order valence-corrected chi connectivity index (χ1v) is 8.52. The smallest absolute Gasteiger partial charge is 0.242 e. The molecule has 0 aromatic heterocycles. The maximum absolute atomic E-state index is 12.5. The van der Waals surface area contributed by atoms with Crippen LogP contribution in [0.5, 0.6) is 0 Å². The predicted octanol–water partition coefficient (Wildman–Crippen LogP) is 2.04. The minimum Gasteiger partial charge on any atom is -0.396 e. The Labute approximate surface area is 129 Å². The van der Waals surface area contributed by atoms with Gasteiger partial charge in [-0.25, -0.2) is 13.1 Å². The Morgan fingerprint density at radius 2 is 2.29 bits per heavy atom. The third-order valence-electron chi connectivity index (χ3n) is 4.12. The lowest BCUT2D eigenvalue weighted by atomic mass is 9.86. The number of nitriles is 1. The molecule has 114 valence electrons. The molecule has 2 N–H and O–H groups in total. The van der Waals surface area contributed by atoms with Gasteiger partial charge in [-0.3, -0.25) is 0 Å². The molecule has 1 aliphatic rings. The quantitative estimate of drug-likeness (QED) is 0.885. The van der Waals surface area contributed by atoms with Crippen LogP contribution in [0.2, 0.25) is 5.02 Å². The maximum atomic E-state index is 12.5. The van der Waals surface area contributed by atoms with Gasteiger partial charge in [-0.15, -0.1) is 0 Å². The molecule has 0 aliphatic heterocycles. The second-order valence-corrected chi connectivity index (χ2v) is 7.69. The molecule has 0 unspecified atom stereocenters. The summed E-state index contributed by atoms with van der Waals surface area (Å²) in [5, 5.41) is 18.7. The Bertz CT molecular complexity index is 684. The van der Waals surface area contributed by atoms with Gasteiger partial charge in [-0.05, 0) is 25.0 Å². The normalized spacial score (nSPS) is 25.7. The van der Waals surface area contributed by atoms with E-state index in [1.165, 1.54) is 18.2 Å². The Hall–Kier alpha value is -1.13. The summed E-state index contributed by atoms with van der Waals surface area (Å²) in [6.07, 6.45) is 2.28. The third kappa shape index (κ3) is 3.06.